The van der Waals surface area contributed by atoms with Crippen molar-refractivity contribution in [3.63, 3.8) is 0 Å². The van der Waals surface area contributed by atoms with Gasteiger partial charge in [0.25, 0.3) is 0 Å². The number of morpholine rings is 1. The second-order valence-electron chi connectivity index (χ2n) is 7.39. The summed E-state index contributed by atoms with van der Waals surface area (Å²) in [5, 5.41) is 3.10. The second-order valence-corrected chi connectivity index (χ2v) is 9.16. The number of hydrogen-bond acceptors (Lipinski definition) is 9. The van der Waals surface area contributed by atoms with Crippen molar-refractivity contribution in [3.05, 3.63) is 48.2 Å². The molecule has 2 aromatic heterocycles. The van der Waals surface area contributed by atoms with E-state index >= 15 is 0 Å². The van der Waals surface area contributed by atoms with Crippen LogP contribution in [0.15, 0.2) is 45.9 Å². The Morgan fingerprint density at radius 1 is 1.03 bits per heavy atom. The molecule has 3 heterocycles. The van der Waals surface area contributed by atoms with Crippen molar-refractivity contribution in [2.24, 2.45) is 0 Å². The van der Waals surface area contributed by atoms with Gasteiger partial charge < -0.3 is 19.4 Å². The Kier molecular flexibility index (Phi) is 6.68. The molecule has 1 fully saturated rings. The lowest BCUT2D eigenvalue weighted by molar-refractivity contribution is 0.122. The second kappa shape index (κ2) is 9.63. The van der Waals surface area contributed by atoms with Crippen molar-refractivity contribution < 1.29 is 17.6 Å². The maximum absolute atomic E-state index is 12.6. The molecule has 2 N–H and O–H groups in total. The Morgan fingerprint density at radius 3 is 2.47 bits per heavy atom. The summed E-state index contributed by atoms with van der Waals surface area (Å²) in [6.07, 6.45) is 1.54. The smallest absolute Gasteiger partial charge is 0.240 e. The first-order valence-electron chi connectivity index (χ1n) is 10.4. The summed E-state index contributed by atoms with van der Waals surface area (Å²) in [7, 11) is -3.64. The molecular weight excluding hydrogens is 432 g/mol. The van der Waals surface area contributed by atoms with Crippen LogP contribution < -0.4 is 14.9 Å². The Morgan fingerprint density at radius 2 is 1.78 bits per heavy atom. The number of nitrogens with zero attached hydrogens (tertiary/aromatic N) is 4. The first-order chi connectivity index (χ1) is 15.4. The third-order valence-corrected chi connectivity index (χ3v) is 6.43. The molecular formula is C21H26N6O4S. The van der Waals surface area contributed by atoms with Crippen LogP contribution >= 0.6 is 0 Å². The largest absolute Gasteiger partial charge is 0.449 e. The molecule has 170 valence electrons. The van der Waals surface area contributed by atoms with Crippen LogP contribution in [0.3, 0.4) is 0 Å². The highest BCUT2D eigenvalue weighted by molar-refractivity contribution is 7.89. The summed E-state index contributed by atoms with van der Waals surface area (Å²) in [6, 6.07) is 8.44. The molecule has 1 aliphatic rings. The first-order valence-corrected chi connectivity index (χ1v) is 11.8. The number of nitrogens with one attached hydrogen (secondary N) is 2. The van der Waals surface area contributed by atoms with Gasteiger partial charge >= 0.3 is 0 Å². The summed E-state index contributed by atoms with van der Waals surface area (Å²) in [5.74, 6) is 1.87. The van der Waals surface area contributed by atoms with Crippen LogP contribution in [0, 0.1) is 13.8 Å². The highest BCUT2D eigenvalue weighted by Crippen LogP contribution is 2.21. The summed E-state index contributed by atoms with van der Waals surface area (Å²) >= 11 is 0. The van der Waals surface area contributed by atoms with Crippen LogP contribution in [-0.4, -0.2) is 62.8 Å². The summed E-state index contributed by atoms with van der Waals surface area (Å²) in [5.41, 5.74) is 2.29. The number of aromatic nitrogens is 3. The molecule has 11 heteroatoms. The van der Waals surface area contributed by atoms with E-state index in [0.29, 0.717) is 37.3 Å². The van der Waals surface area contributed by atoms with Gasteiger partial charge in [-0.3, -0.25) is 0 Å². The molecule has 1 aromatic carbocycles. The third-order valence-electron chi connectivity index (χ3n) is 4.96. The topological polar surface area (TPSA) is 122 Å². The quantitative estimate of drug-likeness (QED) is 0.488. The highest BCUT2D eigenvalue weighted by atomic mass is 32.2. The SMILES string of the molecule is Cc1cc(N2CCOCC2)nc(NCCNS(=O)(=O)c2ccc(-c3coc(C)n3)cc2)n1. The lowest BCUT2D eigenvalue weighted by Gasteiger charge is -2.28. The van der Waals surface area contributed by atoms with Crippen molar-refractivity contribution in [3.8, 4) is 11.3 Å². The Hall–Kier alpha value is -3.02. The fourth-order valence-electron chi connectivity index (χ4n) is 3.33. The molecule has 32 heavy (non-hydrogen) atoms. The third kappa shape index (κ3) is 5.42. The number of hydrogen-bond donors (Lipinski definition) is 2. The zero-order valence-electron chi connectivity index (χ0n) is 18.0. The molecule has 0 amide bonds. The average molecular weight is 459 g/mol. The molecule has 0 saturated carbocycles. The predicted molar refractivity (Wildman–Crippen MR) is 120 cm³/mol. The fraction of sp³-hybridized carbons (Fsp3) is 0.381. The van der Waals surface area contributed by atoms with Gasteiger partial charge in [0, 0.05) is 50.4 Å². The van der Waals surface area contributed by atoms with Crippen LogP contribution in [0.5, 0.6) is 0 Å². The highest BCUT2D eigenvalue weighted by Gasteiger charge is 2.16. The molecule has 0 spiro atoms. The lowest BCUT2D eigenvalue weighted by atomic mass is 10.2. The van der Waals surface area contributed by atoms with Crippen LogP contribution in [0.4, 0.5) is 11.8 Å². The molecule has 4 rings (SSSR count). The number of rotatable bonds is 8. The van der Waals surface area contributed by atoms with E-state index in [9.17, 15) is 8.42 Å². The van der Waals surface area contributed by atoms with Gasteiger partial charge in [-0.1, -0.05) is 12.1 Å². The van der Waals surface area contributed by atoms with E-state index in [-0.39, 0.29) is 11.4 Å². The normalized spacial score (nSPS) is 14.5. The van der Waals surface area contributed by atoms with Crippen LogP contribution in [0.2, 0.25) is 0 Å². The van der Waals surface area contributed by atoms with E-state index in [4.69, 9.17) is 9.15 Å². The van der Waals surface area contributed by atoms with E-state index in [1.807, 2.05) is 13.0 Å². The zero-order valence-corrected chi connectivity index (χ0v) is 18.9. The van der Waals surface area contributed by atoms with Gasteiger partial charge in [-0.05, 0) is 19.1 Å². The molecule has 0 aliphatic carbocycles. The molecule has 1 aliphatic heterocycles. The van der Waals surface area contributed by atoms with Gasteiger partial charge in [0.15, 0.2) is 5.89 Å². The van der Waals surface area contributed by atoms with Gasteiger partial charge in [-0.15, -0.1) is 0 Å². The minimum atomic E-state index is -3.64. The monoisotopic (exact) mass is 458 g/mol. The molecule has 1 saturated heterocycles. The van der Waals surface area contributed by atoms with Crippen LogP contribution in [-0.2, 0) is 14.8 Å². The van der Waals surface area contributed by atoms with E-state index in [2.05, 4.69) is 29.9 Å². The summed E-state index contributed by atoms with van der Waals surface area (Å²) in [4.78, 5) is 15.5. The van der Waals surface area contributed by atoms with Crippen molar-refractivity contribution in [2.45, 2.75) is 18.7 Å². The van der Waals surface area contributed by atoms with E-state index in [0.717, 1.165) is 30.2 Å². The molecule has 0 atom stereocenters. The predicted octanol–water partition coefficient (Wildman–Crippen LogP) is 1.98. The first kappa shape index (κ1) is 22.2. The Balaban J connectivity index is 1.32. The maximum Gasteiger partial charge on any atom is 0.240 e. The molecule has 10 nitrogen and oxygen atoms in total. The van der Waals surface area contributed by atoms with Gasteiger partial charge in [0.1, 0.15) is 17.8 Å². The van der Waals surface area contributed by atoms with E-state index in [1.165, 1.54) is 0 Å². The lowest BCUT2D eigenvalue weighted by Crippen LogP contribution is -2.37. The zero-order chi connectivity index (χ0) is 22.6. The molecule has 0 bridgehead atoms. The maximum atomic E-state index is 12.6. The minimum Gasteiger partial charge on any atom is -0.449 e. The number of sulfonamides is 1. The van der Waals surface area contributed by atoms with Crippen LogP contribution in [0.1, 0.15) is 11.6 Å². The van der Waals surface area contributed by atoms with Crippen LogP contribution in [0.25, 0.3) is 11.3 Å². The van der Waals surface area contributed by atoms with E-state index < -0.39 is 10.0 Å². The van der Waals surface area contributed by atoms with Crippen molar-refractivity contribution in [1.82, 2.24) is 19.7 Å². The number of anilines is 2. The van der Waals surface area contributed by atoms with Gasteiger partial charge in [-0.2, -0.15) is 4.98 Å². The minimum absolute atomic E-state index is 0.183. The molecule has 3 aromatic rings. The number of ether oxygens (including phenoxy) is 1. The van der Waals surface area contributed by atoms with Gasteiger partial charge in [-0.25, -0.2) is 23.1 Å². The van der Waals surface area contributed by atoms with Gasteiger partial charge in [0.05, 0.1) is 18.1 Å². The average Bonchev–Trinajstić information content (AvgIpc) is 3.23. The Bertz CT molecular complexity index is 1160. The fourth-order valence-corrected chi connectivity index (χ4v) is 4.36. The number of benzene rings is 1. The van der Waals surface area contributed by atoms with Crippen molar-refractivity contribution >= 4 is 21.8 Å². The summed E-state index contributed by atoms with van der Waals surface area (Å²) < 4.78 is 38.4. The van der Waals surface area contributed by atoms with E-state index in [1.54, 1.807) is 37.5 Å². The number of oxazole rings is 1. The van der Waals surface area contributed by atoms with Gasteiger partial charge in [0.2, 0.25) is 16.0 Å². The molecule has 0 radical (unpaired) electrons. The van der Waals surface area contributed by atoms with Crippen molar-refractivity contribution in [1.29, 1.82) is 0 Å². The summed E-state index contributed by atoms with van der Waals surface area (Å²) in [6.45, 7) is 7.11. The number of aryl methyl sites for hydroxylation is 2. The molecule has 0 unspecified atom stereocenters. The standard InChI is InChI=1S/C21H26N6O4S/c1-15-13-20(27-9-11-30-12-10-27)26-21(24-15)22-7-8-23-32(28,29)18-5-3-17(4-6-18)19-14-31-16(2)25-19/h3-6,13-14,23H,7-12H2,1-2H3,(H,22,24,26). The Labute approximate surface area is 187 Å². The van der Waals surface area contributed by atoms with Crippen molar-refractivity contribution in [2.75, 3.05) is 49.6 Å².